The van der Waals surface area contributed by atoms with E-state index in [1.165, 1.54) is 0 Å². The van der Waals surface area contributed by atoms with Crippen LogP contribution in [0.5, 0.6) is 0 Å². The maximum absolute atomic E-state index is 11.9. The maximum atomic E-state index is 11.9. The van der Waals surface area contributed by atoms with Gasteiger partial charge in [-0.05, 0) is 54.9 Å². The van der Waals surface area contributed by atoms with E-state index in [4.69, 9.17) is 0 Å². The highest BCUT2D eigenvalue weighted by molar-refractivity contribution is 14.1. The second-order valence-corrected chi connectivity index (χ2v) is 5.09. The summed E-state index contributed by atoms with van der Waals surface area (Å²) in [7, 11) is 0. The van der Waals surface area contributed by atoms with E-state index in [0.717, 1.165) is 31.9 Å². The van der Waals surface area contributed by atoms with Gasteiger partial charge in [-0.15, -0.1) is 0 Å². The average Bonchev–Trinajstić information content (AvgIpc) is 2.71. The van der Waals surface area contributed by atoms with Crippen molar-refractivity contribution in [2.75, 3.05) is 13.1 Å². The third-order valence-electron chi connectivity index (χ3n) is 2.81. The molecule has 82 valence electrons. The Morgan fingerprint density at radius 1 is 1.73 bits per heavy atom. The van der Waals surface area contributed by atoms with E-state index in [9.17, 15) is 4.79 Å². The predicted molar refractivity (Wildman–Crippen MR) is 66.9 cm³/mol. The van der Waals surface area contributed by atoms with Crippen molar-refractivity contribution in [3.8, 4) is 0 Å². The topological polar surface area (TPSA) is 46.9 Å². The van der Waals surface area contributed by atoms with E-state index >= 15 is 0 Å². The van der Waals surface area contributed by atoms with Crippen LogP contribution < -0.4 is 10.9 Å². The lowest BCUT2D eigenvalue weighted by Gasteiger charge is -2.13. The minimum atomic E-state index is 0.0926. The van der Waals surface area contributed by atoms with Crippen LogP contribution in [0.25, 0.3) is 0 Å². The molecule has 1 aromatic rings. The van der Waals surface area contributed by atoms with Gasteiger partial charge in [-0.2, -0.15) is 0 Å². The van der Waals surface area contributed by atoms with Crippen molar-refractivity contribution >= 4 is 22.6 Å². The van der Waals surface area contributed by atoms with E-state index in [1.54, 1.807) is 10.8 Å². The van der Waals surface area contributed by atoms with Gasteiger partial charge in [0.05, 0.1) is 3.57 Å². The highest BCUT2D eigenvalue weighted by Gasteiger charge is 2.17. The van der Waals surface area contributed by atoms with Crippen molar-refractivity contribution in [1.82, 2.24) is 14.9 Å². The first-order chi connectivity index (χ1) is 7.18. The number of hydrogen-bond donors (Lipinski definition) is 1. The highest BCUT2D eigenvalue weighted by atomic mass is 127. The molecule has 1 aromatic heterocycles. The minimum Gasteiger partial charge on any atom is -0.316 e. The molecular weight excluding hydrogens is 305 g/mol. The molecule has 5 heteroatoms. The molecule has 2 heterocycles. The molecule has 0 saturated carbocycles. The first-order valence-electron chi connectivity index (χ1n) is 5.11. The summed E-state index contributed by atoms with van der Waals surface area (Å²) in [5, 5.41) is 3.31. The summed E-state index contributed by atoms with van der Waals surface area (Å²) in [4.78, 5) is 16.1. The van der Waals surface area contributed by atoms with Crippen LogP contribution in [0.15, 0.2) is 11.0 Å². The summed E-state index contributed by atoms with van der Waals surface area (Å²) >= 11 is 2.04. The average molecular weight is 319 g/mol. The van der Waals surface area contributed by atoms with Crippen molar-refractivity contribution < 1.29 is 0 Å². The molecule has 0 bridgehead atoms. The van der Waals surface area contributed by atoms with Gasteiger partial charge < -0.3 is 5.32 Å². The van der Waals surface area contributed by atoms with Gasteiger partial charge in [0.1, 0.15) is 5.82 Å². The lowest BCUT2D eigenvalue weighted by atomic mass is 10.1. The summed E-state index contributed by atoms with van der Waals surface area (Å²) in [6.45, 7) is 4.76. The Hall–Kier alpha value is -0.430. The zero-order valence-electron chi connectivity index (χ0n) is 8.66. The Morgan fingerprint density at radius 2 is 2.53 bits per heavy atom. The van der Waals surface area contributed by atoms with Crippen LogP contribution in [-0.2, 0) is 6.54 Å². The lowest BCUT2D eigenvalue weighted by molar-refractivity contribution is 0.458. The normalized spacial score (nSPS) is 20.8. The molecular formula is C10H14IN3O. The van der Waals surface area contributed by atoms with Gasteiger partial charge in [-0.3, -0.25) is 9.36 Å². The number of halogens is 1. The molecule has 1 atom stereocenters. The Kier molecular flexibility index (Phi) is 3.40. The van der Waals surface area contributed by atoms with E-state index in [-0.39, 0.29) is 5.56 Å². The summed E-state index contributed by atoms with van der Waals surface area (Å²) in [6.07, 6.45) is 2.79. The smallest absolute Gasteiger partial charge is 0.266 e. The number of hydrogen-bond acceptors (Lipinski definition) is 3. The molecule has 0 aliphatic carbocycles. The van der Waals surface area contributed by atoms with Crippen LogP contribution in [0.1, 0.15) is 12.2 Å². The fraction of sp³-hybridized carbons (Fsp3) is 0.600. The number of rotatable bonds is 2. The van der Waals surface area contributed by atoms with Crippen LogP contribution in [0.2, 0.25) is 0 Å². The van der Waals surface area contributed by atoms with Crippen molar-refractivity contribution in [1.29, 1.82) is 0 Å². The Bertz CT molecular complexity index is 410. The number of nitrogens with zero attached hydrogens (tertiary/aromatic N) is 2. The Balaban J connectivity index is 2.26. The zero-order valence-corrected chi connectivity index (χ0v) is 10.8. The largest absolute Gasteiger partial charge is 0.316 e. The number of aromatic nitrogens is 2. The third kappa shape index (κ3) is 2.39. The second-order valence-electron chi connectivity index (χ2n) is 3.93. The summed E-state index contributed by atoms with van der Waals surface area (Å²) in [5.41, 5.74) is 0.0926. The van der Waals surface area contributed by atoms with E-state index in [1.807, 2.05) is 29.5 Å². The van der Waals surface area contributed by atoms with Gasteiger partial charge >= 0.3 is 0 Å². The number of nitrogens with one attached hydrogen (secondary N) is 1. The standard InChI is InChI=1S/C10H14IN3O/c1-7-13-5-9(11)10(15)14(7)6-8-2-3-12-4-8/h5,8,12H,2-4,6H2,1H3. The molecule has 15 heavy (non-hydrogen) atoms. The third-order valence-corrected chi connectivity index (χ3v) is 3.55. The van der Waals surface area contributed by atoms with Gasteiger partial charge in [0, 0.05) is 12.7 Å². The van der Waals surface area contributed by atoms with Gasteiger partial charge in [-0.25, -0.2) is 4.98 Å². The zero-order chi connectivity index (χ0) is 10.8. The van der Waals surface area contributed by atoms with Crippen LogP contribution in [0.4, 0.5) is 0 Å². The fourth-order valence-corrected chi connectivity index (χ4v) is 2.32. The van der Waals surface area contributed by atoms with Crippen LogP contribution in [0, 0.1) is 16.4 Å². The minimum absolute atomic E-state index is 0.0926. The fourth-order valence-electron chi connectivity index (χ4n) is 1.89. The molecule has 1 N–H and O–H groups in total. The maximum Gasteiger partial charge on any atom is 0.266 e. The Labute approximate surface area is 102 Å². The van der Waals surface area contributed by atoms with Crippen molar-refractivity contribution in [2.24, 2.45) is 5.92 Å². The summed E-state index contributed by atoms with van der Waals surface area (Å²) in [5.74, 6) is 1.38. The van der Waals surface area contributed by atoms with Crippen LogP contribution in [-0.4, -0.2) is 22.6 Å². The molecule has 1 saturated heterocycles. The van der Waals surface area contributed by atoms with Crippen molar-refractivity contribution in [2.45, 2.75) is 19.9 Å². The summed E-state index contributed by atoms with van der Waals surface area (Å²) < 4.78 is 2.49. The molecule has 1 aliphatic rings. The van der Waals surface area contributed by atoms with E-state index < -0.39 is 0 Å². The number of aryl methyl sites for hydroxylation is 1. The summed E-state index contributed by atoms with van der Waals surface area (Å²) in [6, 6.07) is 0. The molecule has 0 aromatic carbocycles. The SMILES string of the molecule is Cc1ncc(I)c(=O)n1CC1CCNC1. The predicted octanol–water partition coefficient (Wildman–Crippen LogP) is 0.766. The van der Waals surface area contributed by atoms with Gasteiger partial charge in [0.25, 0.3) is 5.56 Å². The van der Waals surface area contributed by atoms with E-state index in [0.29, 0.717) is 9.49 Å². The first kappa shape index (κ1) is 11.1. The van der Waals surface area contributed by atoms with Crippen LogP contribution >= 0.6 is 22.6 Å². The lowest BCUT2D eigenvalue weighted by Crippen LogP contribution is -2.29. The van der Waals surface area contributed by atoms with Crippen molar-refractivity contribution in [3.63, 3.8) is 0 Å². The molecule has 0 radical (unpaired) electrons. The Morgan fingerprint density at radius 3 is 3.20 bits per heavy atom. The van der Waals surface area contributed by atoms with E-state index in [2.05, 4.69) is 10.3 Å². The first-order valence-corrected chi connectivity index (χ1v) is 6.19. The monoisotopic (exact) mass is 319 g/mol. The van der Waals surface area contributed by atoms with Gasteiger partial charge in [-0.1, -0.05) is 0 Å². The van der Waals surface area contributed by atoms with Gasteiger partial charge in [0.2, 0.25) is 0 Å². The van der Waals surface area contributed by atoms with Gasteiger partial charge in [0.15, 0.2) is 0 Å². The molecule has 0 spiro atoms. The van der Waals surface area contributed by atoms with Crippen LogP contribution in [0.3, 0.4) is 0 Å². The molecule has 1 fully saturated rings. The molecule has 4 nitrogen and oxygen atoms in total. The van der Waals surface area contributed by atoms with Crippen molar-refractivity contribution in [3.05, 3.63) is 25.9 Å². The highest BCUT2D eigenvalue weighted by Crippen LogP contribution is 2.10. The molecule has 1 unspecified atom stereocenters. The quantitative estimate of drug-likeness (QED) is 0.819. The second kappa shape index (κ2) is 4.61. The molecule has 2 rings (SSSR count). The molecule has 0 amide bonds. The molecule has 1 aliphatic heterocycles.